The lowest BCUT2D eigenvalue weighted by atomic mass is 9.95. The first kappa shape index (κ1) is 21.8. The summed E-state index contributed by atoms with van der Waals surface area (Å²) in [5, 5.41) is 4.98. The van der Waals surface area contributed by atoms with Crippen LogP contribution in [0, 0.1) is 5.92 Å². The van der Waals surface area contributed by atoms with E-state index in [0.717, 1.165) is 12.0 Å². The minimum absolute atomic E-state index is 0.0206. The first-order valence-electron chi connectivity index (χ1n) is 10.2. The van der Waals surface area contributed by atoms with Crippen molar-refractivity contribution in [3.05, 3.63) is 71.3 Å². The number of Topliss-reactive ketones (excluding diaryl/α,β-unsaturated/α-hetero) is 1. The number of benzene rings is 2. The summed E-state index contributed by atoms with van der Waals surface area (Å²) in [6.07, 6.45) is 1.54. The van der Waals surface area contributed by atoms with Gasteiger partial charge in [0.2, 0.25) is 0 Å². The molecule has 4 heteroatoms. The smallest absolute Gasteiger partial charge is 0.275 e. The first-order valence-corrected chi connectivity index (χ1v) is 10.2. The zero-order valence-electron chi connectivity index (χ0n) is 17.4. The molecule has 3 N–H and O–H groups in total. The number of hydrogen-bond donors (Lipinski definition) is 2. The average molecular weight is 382 g/mol. The van der Waals surface area contributed by atoms with Gasteiger partial charge < -0.3 is 10.6 Å². The van der Waals surface area contributed by atoms with Crippen LogP contribution in [0.5, 0.6) is 0 Å². The molecule has 2 rings (SSSR count). The van der Waals surface area contributed by atoms with E-state index >= 15 is 0 Å². The van der Waals surface area contributed by atoms with Crippen molar-refractivity contribution in [2.75, 3.05) is 6.54 Å². The predicted molar refractivity (Wildman–Crippen MR) is 113 cm³/mol. The molecule has 0 bridgehead atoms. The maximum Gasteiger partial charge on any atom is 0.275 e. The van der Waals surface area contributed by atoms with Crippen LogP contribution in [0.4, 0.5) is 0 Å². The molecule has 0 saturated carbocycles. The van der Waals surface area contributed by atoms with Gasteiger partial charge in [-0.05, 0) is 30.9 Å². The monoisotopic (exact) mass is 381 g/mol. The summed E-state index contributed by atoms with van der Waals surface area (Å²) in [6.45, 7) is 8.31. The van der Waals surface area contributed by atoms with Gasteiger partial charge in [0, 0.05) is 11.5 Å². The lowest BCUT2D eigenvalue weighted by Crippen LogP contribution is -2.88. The van der Waals surface area contributed by atoms with Crippen molar-refractivity contribution >= 4 is 11.7 Å². The van der Waals surface area contributed by atoms with E-state index < -0.39 is 6.04 Å². The maximum atomic E-state index is 12.5. The fourth-order valence-electron chi connectivity index (χ4n) is 3.40. The Morgan fingerprint density at radius 2 is 1.61 bits per heavy atom. The van der Waals surface area contributed by atoms with E-state index in [1.54, 1.807) is 0 Å². The molecular formula is C24H33N2O2+. The largest absolute Gasteiger partial charge is 0.341 e. The average Bonchev–Trinajstić information content (AvgIpc) is 2.68. The third kappa shape index (κ3) is 6.61. The summed E-state index contributed by atoms with van der Waals surface area (Å²) in [4.78, 5) is 24.5. The van der Waals surface area contributed by atoms with Crippen molar-refractivity contribution in [1.29, 1.82) is 0 Å². The van der Waals surface area contributed by atoms with Crippen molar-refractivity contribution in [3.8, 4) is 0 Å². The Labute approximate surface area is 168 Å². The van der Waals surface area contributed by atoms with Crippen molar-refractivity contribution in [3.63, 3.8) is 0 Å². The highest BCUT2D eigenvalue weighted by molar-refractivity contribution is 5.88. The molecule has 0 aliphatic carbocycles. The van der Waals surface area contributed by atoms with E-state index in [1.807, 2.05) is 30.3 Å². The number of quaternary nitrogens is 1. The molecule has 2 atom stereocenters. The molecule has 0 fully saturated rings. The van der Waals surface area contributed by atoms with Crippen LogP contribution < -0.4 is 10.6 Å². The van der Waals surface area contributed by atoms with Crippen LogP contribution in [0.15, 0.2) is 54.6 Å². The van der Waals surface area contributed by atoms with Gasteiger partial charge in [0.25, 0.3) is 5.91 Å². The highest BCUT2D eigenvalue weighted by Gasteiger charge is 2.23. The van der Waals surface area contributed by atoms with E-state index in [1.165, 1.54) is 18.1 Å². The van der Waals surface area contributed by atoms with Gasteiger partial charge in [0.15, 0.2) is 12.3 Å². The number of nitrogens with two attached hydrogens (primary N) is 1. The minimum atomic E-state index is -0.482. The van der Waals surface area contributed by atoms with E-state index in [4.69, 9.17) is 0 Å². The Morgan fingerprint density at radius 1 is 0.964 bits per heavy atom. The fourth-order valence-corrected chi connectivity index (χ4v) is 3.40. The van der Waals surface area contributed by atoms with Gasteiger partial charge >= 0.3 is 0 Å². The summed E-state index contributed by atoms with van der Waals surface area (Å²) >= 11 is 0. The summed E-state index contributed by atoms with van der Waals surface area (Å²) in [5.41, 5.74) is 3.59. The number of amides is 1. The van der Waals surface area contributed by atoms with E-state index in [2.05, 4.69) is 55.7 Å². The van der Waals surface area contributed by atoms with Crippen LogP contribution in [0.1, 0.15) is 50.4 Å². The molecule has 0 aliphatic rings. The van der Waals surface area contributed by atoms with Crippen molar-refractivity contribution in [2.24, 2.45) is 5.92 Å². The lowest BCUT2D eigenvalue weighted by molar-refractivity contribution is -0.692. The Morgan fingerprint density at radius 3 is 2.14 bits per heavy atom. The third-order valence-electron chi connectivity index (χ3n) is 5.16. The van der Waals surface area contributed by atoms with Gasteiger partial charge in [-0.2, -0.15) is 0 Å². The fraction of sp³-hybridized carbons (Fsp3) is 0.417. The maximum absolute atomic E-state index is 12.5. The molecule has 0 unspecified atom stereocenters. The Hall–Kier alpha value is -2.46. The number of aryl methyl sites for hydroxylation is 1. The molecular weight excluding hydrogens is 348 g/mol. The van der Waals surface area contributed by atoms with Gasteiger partial charge in [0.1, 0.15) is 6.04 Å². The van der Waals surface area contributed by atoms with Crippen LogP contribution in [0.2, 0.25) is 0 Å². The van der Waals surface area contributed by atoms with Crippen molar-refractivity contribution in [2.45, 2.75) is 52.6 Å². The molecule has 0 spiro atoms. The number of nitrogens with one attached hydrogen (secondary N) is 1. The summed E-state index contributed by atoms with van der Waals surface area (Å²) in [6, 6.07) is 18.1. The quantitative estimate of drug-likeness (QED) is 0.665. The molecule has 2 aromatic rings. The number of ketones is 1. The number of hydrogen-bond acceptors (Lipinski definition) is 2. The summed E-state index contributed by atoms with van der Waals surface area (Å²) in [7, 11) is 0. The molecule has 4 nitrogen and oxygen atoms in total. The zero-order valence-corrected chi connectivity index (χ0v) is 17.4. The third-order valence-corrected chi connectivity index (χ3v) is 5.16. The Kier molecular flexibility index (Phi) is 8.40. The van der Waals surface area contributed by atoms with E-state index in [9.17, 15) is 9.59 Å². The molecule has 1 amide bonds. The predicted octanol–water partition coefficient (Wildman–Crippen LogP) is 2.83. The van der Waals surface area contributed by atoms with E-state index in [-0.39, 0.29) is 17.7 Å². The van der Waals surface area contributed by atoms with Gasteiger partial charge in [-0.25, -0.2) is 0 Å². The van der Waals surface area contributed by atoms with Crippen molar-refractivity contribution in [1.82, 2.24) is 5.32 Å². The summed E-state index contributed by atoms with van der Waals surface area (Å²) < 4.78 is 0. The van der Waals surface area contributed by atoms with Crippen LogP contribution in [-0.2, 0) is 22.4 Å². The normalized spacial score (nSPS) is 13.2. The molecule has 150 valence electrons. The lowest BCUT2D eigenvalue weighted by Gasteiger charge is -2.21. The van der Waals surface area contributed by atoms with Gasteiger partial charge in [-0.15, -0.1) is 0 Å². The Balaban J connectivity index is 1.96. The topological polar surface area (TPSA) is 62.8 Å². The molecule has 0 saturated heterocycles. The molecule has 2 aromatic carbocycles. The van der Waals surface area contributed by atoms with Gasteiger partial charge in [-0.3, -0.25) is 9.59 Å². The van der Waals surface area contributed by atoms with Gasteiger partial charge in [-0.1, -0.05) is 75.4 Å². The van der Waals surface area contributed by atoms with Crippen LogP contribution in [-0.4, -0.2) is 24.3 Å². The SMILES string of the molecule is CCc1ccc([C@H]([NH2+]CC(=O)N[C@H](Cc2ccccc2)C(C)=O)C(C)C)cc1. The van der Waals surface area contributed by atoms with Crippen LogP contribution in [0.3, 0.4) is 0 Å². The highest BCUT2D eigenvalue weighted by Crippen LogP contribution is 2.18. The van der Waals surface area contributed by atoms with Crippen LogP contribution in [0.25, 0.3) is 0 Å². The number of rotatable bonds is 10. The standard InChI is InChI=1S/C24H32N2O2/c1-5-19-11-13-21(14-12-19)24(17(2)3)25-16-23(28)26-22(18(4)27)15-20-9-7-6-8-10-20/h6-14,17,22,24-25H,5,15-16H2,1-4H3,(H,26,28)/p+1/t22-,24-/m1/s1. The number of carbonyl (C=O) groups is 2. The second-order valence-corrected chi connectivity index (χ2v) is 7.73. The summed E-state index contributed by atoms with van der Waals surface area (Å²) in [5.74, 6) is 0.271. The molecule has 0 radical (unpaired) electrons. The zero-order chi connectivity index (χ0) is 20.5. The minimum Gasteiger partial charge on any atom is -0.341 e. The molecule has 0 heterocycles. The van der Waals surface area contributed by atoms with Crippen molar-refractivity contribution < 1.29 is 14.9 Å². The van der Waals surface area contributed by atoms with Gasteiger partial charge in [0.05, 0.1) is 6.04 Å². The molecule has 0 aliphatic heterocycles. The number of carbonyl (C=O) groups excluding carboxylic acids is 2. The molecule has 28 heavy (non-hydrogen) atoms. The first-order chi connectivity index (χ1) is 13.4. The second-order valence-electron chi connectivity index (χ2n) is 7.73. The molecule has 0 aromatic heterocycles. The van der Waals surface area contributed by atoms with Crippen LogP contribution >= 0.6 is 0 Å². The highest BCUT2D eigenvalue weighted by atomic mass is 16.2. The Bertz CT molecular complexity index is 754. The van der Waals surface area contributed by atoms with E-state index in [0.29, 0.717) is 18.9 Å². The second kappa shape index (κ2) is 10.8.